The highest BCUT2D eigenvalue weighted by Crippen LogP contribution is 2.22. The van der Waals surface area contributed by atoms with E-state index in [1.165, 1.54) is 5.69 Å². The minimum absolute atomic E-state index is 0.0423. The van der Waals surface area contributed by atoms with Crippen LogP contribution in [-0.2, 0) is 4.74 Å². The van der Waals surface area contributed by atoms with E-state index >= 15 is 0 Å². The summed E-state index contributed by atoms with van der Waals surface area (Å²) in [6, 6.07) is 17.8. The number of ether oxygens (including phenoxy) is 1. The molecule has 1 aliphatic rings. The van der Waals surface area contributed by atoms with Gasteiger partial charge in [-0.2, -0.15) is 0 Å². The van der Waals surface area contributed by atoms with E-state index in [0.29, 0.717) is 5.56 Å². The van der Waals surface area contributed by atoms with Gasteiger partial charge in [0, 0.05) is 15.8 Å². The Kier molecular flexibility index (Phi) is 4.97. The monoisotopic (exact) mass is 407 g/mol. The number of rotatable bonds is 3. The van der Waals surface area contributed by atoms with Crippen molar-refractivity contribution in [3.8, 4) is 0 Å². The molecule has 1 atom stereocenters. The Morgan fingerprint density at radius 1 is 1.14 bits per heavy atom. The third-order valence-electron chi connectivity index (χ3n) is 3.83. The van der Waals surface area contributed by atoms with Crippen LogP contribution in [0.5, 0.6) is 0 Å². The Morgan fingerprint density at radius 3 is 2.73 bits per heavy atom. The van der Waals surface area contributed by atoms with E-state index in [2.05, 4.69) is 39.6 Å². The van der Waals surface area contributed by atoms with Gasteiger partial charge in [0.25, 0.3) is 0 Å². The lowest BCUT2D eigenvalue weighted by Crippen LogP contribution is -2.40. The number of carbonyl (C=O) groups excluding carboxylic acids is 1. The number of piperidine rings is 1. The molecule has 3 rings (SSSR count). The van der Waals surface area contributed by atoms with Crippen LogP contribution >= 0.6 is 22.6 Å². The molecule has 0 bridgehead atoms. The van der Waals surface area contributed by atoms with Gasteiger partial charge >= 0.3 is 5.97 Å². The third kappa shape index (κ3) is 3.80. The van der Waals surface area contributed by atoms with Crippen LogP contribution in [0.25, 0.3) is 0 Å². The van der Waals surface area contributed by atoms with Crippen molar-refractivity contribution in [3.63, 3.8) is 0 Å². The summed E-state index contributed by atoms with van der Waals surface area (Å²) >= 11 is 2.20. The predicted molar refractivity (Wildman–Crippen MR) is 96.3 cm³/mol. The SMILES string of the molecule is O=C(OC1CCCN(c2ccccc2)C1)c1cccc(I)c1. The first-order valence-electron chi connectivity index (χ1n) is 7.49. The van der Waals surface area contributed by atoms with E-state index in [1.807, 2.05) is 42.5 Å². The van der Waals surface area contributed by atoms with E-state index < -0.39 is 0 Å². The van der Waals surface area contributed by atoms with Crippen LogP contribution in [-0.4, -0.2) is 25.2 Å². The van der Waals surface area contributed by atoms with Crippen LogP contribution in [0.15, 0.2) is 54.6 Å². The number of anilines is 1. The first-order chi connectivity index (χ1) is 10.7. The zero-order valence-electron chi connectivity index (χ0n) is 12.2. The van der Waals surface area contributed by atoms with Crippen LogP contribution in [0, 0.1) is 3.57 Å². The van der Waals surface area contributed by atoms with Gasteiger partial charge in [0.05, 0.1) is 12.1 Å². The summed E-state index contributed by atoms with van der Waals surface area (Å²) in [7, 11) is 0. The summed E-state index contributed by atoms with van der Waals surface area (Å²) < 4.78 is 6.74. The fourth-order valence-electron chi connectivity index (χ4n) is 2.74. The summed E-state index contributed by atoms with van der Waals surface area (Å²) in [6.07, 6.45) is 1.93. The highest BCUT2D eigenvalue weighted by molar-refractivity contribution is 14.1. The van der Waals surface area contributed by atoms with Crippen molar-refractivity contribution in [1.29, 1.82) is 0 Å². The lowest BCUT2D eigenvalue weighted by atomic mass is 10.1. The molecule has 0 N–H and O–H groups in total. The van der Waals surface area contributed by atoms with Crippen LogP contribution in [0.1, 0.15) is 23.2 Å². The highest BCUT2D eigenvalue weighted by Gasteiger charge is 2.23. The van der Waals surface area contributed by atoms with Crippen molar-refractivity contribution in [2.45, 2.75) is 18.9 Å². The summed E-state index contributed by atoms with van der Waals surface area (Å²) in [5.41, 5.74) is 1.82. The Morgan fingerprint density at radius 2 is 1.95 bits per heavy atom. The van der Waals surface area contributed by atoms with Crippen molar-refractivity contribution in [1.82, 2.24) is 0 Å². The maximum absolute atomic E-state index is 12.3. The number of hydrogen-bond acceptors (Lipinski definition) is 3. The Bertz CT molecular complexity index is 645. The van der Waals surface area contributed by atoms with Crippen LogP contribution in [0.2, 0.25) is 0 Å². The molecule has 1 unspecified atom stereocenters. The Labute approximate surface area is 144 Å². The number of nitrogens with zero attached hydrogens (tertiary/aromatic N) is 1. The fourth-order valence-corrected chi connectivity index (χ4v) is 3.29. The van der Waals surface area contributed by atoms with Crippen molar-refractivity contribution < 1.29 is 9.53 Å². The highest BCUT2D eigenvalue weighted by atomic mass is 127. The van der Waals surface area contributed by atoms with Gasteiger partial charge in [-0.25, -0.2) is 4.79 Å². The molecule has 0 spiro atoms. The van der Waals surface area contributed by atoms with E-state index in [4.69, 9.17) is 4.74 Å². The molecule has 1 aliphatic heterocycles. The molecular weight excluding hydrogens is 389 g/mol. The van der Waals surface area contributed by atoms with Gasteiger partial charge in [0.15, 0.2) is 0 Å². The molecule has 0 aliphatic carbocycles. The molecule has 4 heteroatoms. The molecule has 0 aromatic heterocycles. The number of hydrogen-bond donors (Lipinski definition) is 0. The number of esters is 1. The second-order valence-corrected chi connectivity index (χ2v) is 6.71. The van der Waals surface area contributed by atoms with Gasteiger partial charge in [0.1, 0.15) is 6.10 Å². The summed E-state index contributed by atoms with van der Waals surface area (Å²) in [5.74, 6) is -0.224. The molecule has 114 valence electrons. The number of para-hydroxylation sites is 1. The fraction of sp³-hybridized carbons (Fsp3) is 0.278. The van der Waals surface area contributed by atoms with E-state index in [0.717, 1.165) is 29.5 Å². The van der Waals surface area contributed by atoms with E-state index in [1.54, 1.807) is 0 Å². The second kappa shape index (κ2) is 7.13. The molecule has 2 aromatic carbocycles. The van der Waals surface area contributed by atoms with Gasteiger partial charge in [-0.05, 0) is 65.8 Å². The van der Waals surface area contributed by atoms with Crippen LogP contribution in [0.4, 0.5) is 5.69 Å². The first-order valence-corrected chi connectivity index (χ1v) is 8.57. The quantitative estimate of drug-likeness (QED) is 0.567. The minimum Gasteiger partial charge on any atom is -0.457 e. The lowest BCUT2D eigenvalue weighted by molar-refractivity contribution is 0.0269. The lowest BCUT2D eigenvalue weighted by Gasteiger charge is -2.34. The third-order valence-corrected chi connectivity index (χ3v) is 4.50. The van der Waals surface area contributed by atoms with E-state index in [9.17, 15) is 4.79 Å². The maximum atomic E-state index is 12.3. The molecular formula is C18H18INO2. The molecule has 0 saturated carbocycles. The molecule has 22 heavy (non-hydrogen) atoms. The average molecular weight is 407 g/mol. The molecule has 3 nitrogen and oxygen atoms in total. The molecule has 2 aromatic rings. The topological polar surface area (TPSA) is 29.5 Å². The number of benzene rings is 2. The van der Waals surface area contributed by atoms with Crippen molar-refractivity contribution in [2.75, 3.05) is 18.0 Å². The van der Waals surface area contributed by atoms with Crippen molar-refractivity contribution in [3.05, 3.63) is 63.7 Å². The van der Waals surface area contributed by atoms with Gasteiger partial charge in [0.2, 0.25) is 0 Å². The molecule has 0 amide bonds. The Hall–Kier alpha value is -1.56. The summed E-state index contributed by atoms with van der Waals surface area (Å²) in [6.45, 7) is 1.78. The molecule has 1 heterocycles. The predicted octanol–water partition coefficient (Wildman–Crippen LogP) is 4.12. The van der Waals surface area contributed by atoms with Crippen molar-refractivity contribution >= 4 is 34.2 Å². The number of halogens is 1. The zero-order valence-corrected chi connectivity index (χ0v) is 14.4. The van der Waals surface area contributed by atoms with Gasteiger partial charge in [-0.1, -0.05) is 24.3 Å². The number of carbonyl (C=O) groups is 1. The van der Waals surface area contributed by atoms with Crippen molar-refractivity contribution in [2.24, 2.45) is 0 Å². The second-order valence-electron chi connectivity index (χ2n) is 5.46. The Balaban J connectivity index is 1.64. The average Bonchev–Trinajstić information content (AvgIpc) is 2.56. The van der Waals surface area contributed by atoms with Gasteiger partial charge in [-0.15, -0.1) is 0 Å². The van der Waals surface area contributed by atoms with Crippen LogP contribution < -0.4 is 4.90 Å². The summed E-state index contributed by atoms with van der Waals surface area (Å²) in [5, 5.41) is 0. The summed E-state index contributed by atoms with van der Waals surface area (Å²) in [4.78, 5) is 14.6. The van der Waals surface area contributed by atoms with Crippen LogP contribution in [0.3, 0.4) is 0 Å². The molecule has 0 radical (unpaired) electrons. The van der Waals surface area contributed by atoms with E-state index in [-0.39, 0.29) is 12.1 Å². The minimum atomic E-state index is -0.224. The standard InChI is InChI=1S/C18H18INO2/c19-15-7-4-6-14(12-15)18(21)22-17-10-5-11-20(13-17)16-8-2-1-3-9-16/h1-4,6-9,12,17H,5,10-11,13H2. The largest absolute Gasteiger partial charge is 0.457 e. The van der Waals surface area contributed by atoms with Gasteiger partial charge < -0.3 is 9.64 Å². The van der Waals surface area contributed by atoms with Gasteiger partial charge in [-0.3, -0.25) is 0 Å². The molecule has 1 saturated heterocycles. The smallest absolute Gasteiger partial charge is 0.338 e. The maximum Gasteiger partial charge on any atom is 0.338 e. The first kappa shape index (κ1) is 15.3. The molecule has 1 fully saturated rings. The zero-order chi connectivity index (χ0) is 15.4. The normalized spacial score (nSPS) is 18.0.